The van der Waals surface area contributed by atoms with E-state index in [1.807, 2.05) is 72.6 Å². The molecule has 1 aromatic heterocycles. The maximum atomic E-state index is 12.5. The third-order valence-electron chi connectivity index (χ3n) is 4.77. The molecular weight excluding hydrogens is 348 g/mol. The number of nitrogens with one attached hydrogen (secondary N) is 1. The van der Waals surface area contributed by atoms with Crippen molar-refractivity contribution in [2.45, 2.75) is 13.8 Å². The number of aromatic nitrogens is 1. The van der Waals surface area contributed by atoms with Crippen molar-refractivity contribution in [3.8, 4) is 0 Å². The molecule has 0 aliphatic carbocycles. The number of hydrogen-bond acceptors (Lipinski definition) is 4. The van der Waals surface area contributed by atoms with E-state index in [1.165, 1.54) is 0 Å². The molecule has 0 saturated heterocycles. The molecule has 0 fully saturated rings. The molecule has 1 heterocycles. The normalized spacial score (nSPS) is 10.4. The van der Waals surface area contributed by atoms with Crippen LogP contribution in [-0.2, 0) is 0 Å². The number of para-hydroxylation sites is 1. The Morgan fingerprint density at radius 2 is 1.50 bits per heavy atom. The van der Waals surface area contributed by atoms with Crippen molar-refractivity contribution >= 4 is 28.7 Å². The summed E-state index contributed by atoms with van der Waals surface area (Å²) in [4.78, 5) is 21.1. The quantitative estimate of drug-likeness (QED) is 0.636. The van der Waals surface area contributed by atoms with Crippen LogP contribution in [0.1, 0.15) is 24.3 Å². The van der Waals surface area contributed by atoms with E-state index < -0.39 is 0 Å². The van der Waals surface area contributed by atoms with Crippen LogP contribution < -0.4 is 15.1 Å². The van der Waals surface area contributed by atoms with Crippen LogP contribution in [0.15, 0.2) is 72.9 Å². The number of benzene rings is 2. The first kappa shape index (κ1) is 19.4. The third-order valence-corrected chi connectivity index (χ3v) is 4.77. The fourth-order valence-electron chi connectivity index (χ4n) is 3.06. The van der Waals surface area contributed by atoms with Gasteiger partial charge in [-0.25, -0.2) is 4.98 Å². The molecule has 0 aliphatic rings. The third kappa shape index (κ3) is 4.49. The summed E-state index contributed by atoms with van der Waals surface area (Å²) in [6.07, 6.45) is 1.71. The van der Waals surface area contributed by atoms with Gasteiger partial charge in [-0.05, 0) is 62.4 Å². The zero-order chi connectivity index (χ0) is 19.9. The van der Waals surface area contributed by atoms with Crippen molar-refractivity contribution in [2.24, 2.45) is 0 Å². The Labute approximate surface area is 166 Å². The van der Waals surface area contributed by atoms with Crippen molar-refractivity contribution in [1.29, 1.82) is 0 Å². The summed E-state index contributed by atoms with van der Waals surface area (Å²) in [5, 5.41) is 2.91. The lowest BCUT2D eigenvalue weighted by molar-refractivity contribution is 0.102. The second kappa shape index (κ2) is 9.04. The van der Waals surface area contributed by atoms with E-state index in [-0.39, 0.29) is 5.91 Å². The molecule has 0 radical (unpaired) electrons. The van der Waals surface area contributed by atoms with Crippen LogP contribution in [0.3, 0.4) is 0 Å². The molecule has 3 aromatic rings. The Bertz CT molecular complexity index is 888. The van der Waals surface area contributed by atoms with Gasteiger partial charge in [-0.2, -0.15) is 0 Å². The molecule has 0 spiro atoms. The summed E-state index contributed by atoms with van der Waals surface area (Å²) in [7, 11) is 1.98. The Kier molecular flexibility index (Phi) is 6.27. The maximum absolute atomic E-state index is 12.5. The lowest BCUT2D eigenvalue weighted by Crippen LogP contribution is -2.21. The van der Waals surface area contributed by atoms with Gasteiger partial charge in [0.05, 0.1) is 11.9 Å². The van der Waals surface area contributed by atoms with E-state index in [2.05, 4.69) is 29.0 Å². The van der Waals surface area contributed by atoms with Crippen molar-refractivity contribution < 1.29 is 4.79 Å². The SMILES string of the molecule is CCN(CC)c1ccc(NC(=O)c2ccc(N(C)c3ccccc3)cn2)cc1. The average Bonchev–Trinajstić information content (AvgIpc) is 2.76. The molecule has 0 unspecified atom stereocenters. The minimum absolute atomic E-state index is 0.218. The second-order valence-electron chi connectivity index (χ2n) is 6.47. The zero-order valence-electron chi connectivity index (χ0n) is 16.6. The standard InChI is InChI=1S/C23H26N4O/c1-4-27(5-2)20-13-11-18(12-14-20)25-23(28)22-16-15-21(17-24-22)26(3)19-9-7-6-8-10-19/h6-17H,4-5H2,1-3H3,(H,25,28). The highest BCUT2D eigenvalue weighted by Gasteiger charge is 2.10. The molecule has 28 heavy (non-hydrogen) atoms. The number of rotatable bonds is 7. The van der Waals surface area contributed by atoms with Gasteiger partial charge >= 0.3 is 0 Å². The number of hydrogen-bond donors (Lipinski definition) is 1. The van der Waals surface area contributed by atoms with Crippen LogP contribution in [0.25, 0.3) is 0 Å². The average molecular weight is 374 g/mol. The number of nitrogens with zero attached hydrogens (tertiary/aromatic N) is 3. The maximum Gasteiger partial charge on any atom is 0.274 e. The lowest BCUT2D eigenvalue weighted by atomic mass is 10.2. The first-order valence-corrected chi connectivity index (χ1v) is 9.53. The number of anilines is 4. The highest BCUT2D eigenvalue weighted by Crippen LogP contribution is 2.23. The first-order chi connectivity index (χ1) is 13.6. The molecule has 0 saturated carbocycles. The van der Waals surface area contributed by atoms with Gasteiger partial charge in [-0.3, -0.25) is 4.79 Å². The number of pyridine rings is 1. The fourth-order valence-corrected chi connectivity index (χ4v) is 3.06. The molecular formula is C23H26N4O. The van der Waals surface area contributed by atoms with Gasteiger partial charge in [0, 0.05) is 37.2 Å². The van der Waals surface area contributed by atoms with Gasteiger partial charge in [0.25, 0.3) is 5.91 Å². The summed E-state index contributed by atoms with van der Waals surface area (Å²) in [5.41, 5.74) is 4.28. The first-order valence-electron chi connectivity index (χ1n) is 9.53. The zero-order valence-corrected chi connectivity index (χ0v) is 16.6. The number of carbonyl (C=O) groups is 1. The molecule has 1 N–H and O–H groups in total. The van der Waals surface area contributed by atoms with Gasteiger partial charge in [0.1, 0.15) is 5.69 Å². The topological polar surface area (TPSA) is 48.5 Å². The lowest BCUT2D eigenvalue weighted by Gasteiger charge is -2.21. The fraction of sp³-hybridized carbons (Fsp3) is 0.217. The van der Waals surface area contributed by atoms with Crippen molar-refractivity contribution in [3.05, 3.63) is 78.6 Å². The van der Waals surface area contributed by atoms with E-state index in [4.69, 9.17) is 0 Å². The molecule has 3 rings (SSSR count). The predicted molar refractivity (Wildman–Crippen MR) is 117 cm³/mol. The van der Waals surface area contributed by atoms with Crippen LogP contribution in [0.2, 0.25) is 0 Å². The van der Waals surface area contributed by atoms with E-state index >= 15 is 0 Å². The smallest absolute Gasteiger partial charge is 0.274 e. The highest BCUT2D eigenvalue weighted by molar-refractivity contribution is 6.03. The van der Waals surface area contributed by atoms with E-state index in [0.29, 0.717) is 5.69 Å². The molecule has 5 heteroatoms. The van der Waals surface area contributed by atoms with Gasteiger partial charge in [-0.1, -0.05) is 18.2 Å². The van der Waals surface area contributed by atoms with E-state index in [1.54, 1.807) is 12.3 Å². The molecule has 5 nitrogen and oxygen atoms in total. The molecule has 144 valence electrons. The molecule has 2 aromatic carbocycles. The summed E-state index contributed by atoms with van der Waals surface area (Å²) in [5.74, 6) is -0.218. The number of carbonyl (C=O) groups excluding carboxylic acids is 1. The Morgan fingerprint density at radius 1 is 0.857 bits per heavy atom. The van der Waals surface area contributed by atoms with E-state index in [9.17, 15) is 4.79 Å². The second-order valence-corrected chi connectivity index (χ2v) is 6.47. The summed E-state index contributed by atoms with van der Waals surface area (Å²) in [6.45, 7) is 6.17. The molecule has 0 atom stereocenters. The van der Waals surface area contributed by atoms with Gasteiger partial charge < -0.3 is 15.1 Å². The summed E-state index contributed by atoms with van der Waals surface area (Å²) in [6, 6.07) is 21.6. The van der Waals surface area contributed by atoms with Crippen LogP contribution in [0.4, 0.5) is 22.7 Å². The number of amides is 1. The Balaban J connectivity index is 1.66. The molecule has 0 bridgehead atoms. The van der Waals surface area contributed by atoms with Gasteiger partial charge in [0.15, 0.2) is 0 Å². The minimum Gasteiger partial charge on any atom is -0.372 e. The summed E-state index contributed by atoms with van der Waals surface area (Å²) >= 11 is 0. The summed E-state index contributed by atoms with van der Waals surface area (Å²) < 4.78 is 0. The van der Waals surface area contributed by atoms with Crippen molar-refractivity contribution in [1.82, 2.24) is 4.98 Å². The van der Waals surface area contributed by atoms with Gasteiger partial charge in [-0.15, -0.1) is 0 Å². The van der Waals surface area contributed by atoms with Crippen LogP contribution in [0, 0.1) is 0 Å². The van der Waals surface area contributed by atoms with Crippen LogP contribution in [0.5, 0.6) is 0 Å². The monoisotopic (exact) mass is 374 g/mol. The molecule has 1 amide bonds. The van der Waals surface area contributed by atoms with E-state index in [0.717, 1.165) is 35.8 Å². The minimum atomic E-state index is -0.218. The largest absolute Gasteiger partial charge is 0.372 e. The van der Waals surface area contributed by atoms with Crippen LogP contribution in [-0.4, -0.2) is 31.0 Å². The Morgan fingerprint density at radius 3 is 2.07 bits per heavy atom. The highest BCUT2D eigenvalue weighted by atomic mass is 16.1. The Hall–Kier alpha value is -3.34. The van der Waals surface area contributed by atoms with Crippen molar-refractivity contribution in [3.63, 3.8) is 0 Å². The van der Waals surface area contributed by atoms with Crippen molar-refractivity contribution in [2.75, 3.05) is 35.3 Å². The predicted octanol–water partition coefficient (Wildman–Crippen LogP) is 4.95. The van der Waals surface area contributed by atoms with Crippen LogP contribution >= 0.6 is 0 Å². The molecule has 0 aliphatic heterocycles. The van der Waals surface area contributed by atoms with Gasteiger partial charge in [0.2, 0.25) is 0 Å².